The van der Waals surface area contributed by atoms with Gasteiger partial charge in [-0.2, -0.15) is 13.2 Å². The summed E-state index contributed by atoms with van der Waals surface area (Å²) in [5.74, 6) is 0. The van der Waals surface area contributed by atoms with Crippen molar-refractivity contribution in [2.24, 2.45) is 0 Å². The predicted molar refractivity (Wildman–Crippen MR) is 103 cm³/mol. The van der Waals surface area contributed by atoms with Gasteiger partial charge in [-0.25, -0.2) is 4.79 Å². The number of urea groups is 1. The average Bonchev–Trinajstić information content (AvgIpc) is 2.55. The first-order valence-corrected chi connectivity index (χ1v) is 8.43. The minimum absolute atomic E-state index is 0.0805. The molecule has 144 valence electrons. The van der Waals surface area contributed by atoms with Gasteiger partial charge in [0.1, 0.15) is 0 Å². The van der Waals surface area contributed by atoms with Crippen molar-refractivity contribution < 1.29 is 18.0 Å². The number of aryl methyl sites for hydroxylation is 1. The van der Waals surface area contributed by atoms with E-state index in [0.717, 1.165) is 22.8 Å². The molecular weight excluding hydrogens is 353 g/mol. The van der Waals surface area contributed by atoms with Gasteiger partial charge in [-0.3, -0.25) is 0 Å². The molecule has 0 radical (unpaired) electrons. The zero-order chi connectivity index (χ0) is 20.4. The van der Waals surface area contributed by atoms with Crippen molar-refractivity contribution >= 4 is 17.3 Å². The van der Waals surface area contributed by atoms with Crippen LogP contribution in [0.5, 0.6) is 0 Å². The van der Waals surface area contributed by atoms with Crippen LogP contribution < -0.4 is 10.6 Å². The van der Waals surface area contributed by atoms with E-state index in [1.165, 1.54) is 19.1 Å². The summed E-state index contributed by atoms with van der Waals surface area (Å²) in [6, 6.07) is 10.7. The van der Waals surface area contributed by atoms with Crippen molar-refractivity contribution in [1.29, 1.82) is 0 Å². The number of anilines is 1. The molecule has 0 bridgehead atoms. The van der Waals surface area contributed by atoms with Gasteiger partial charge in [-0.15, -0.1) is 0 Å². The highest BCUT2D eigenvalue weighted by atomic mass is 19.4. The van der Waals surface area contributed by atoms with E-state index in [2.05, 4.69) is 17.2 Å². The molecule has 6 heteroatoms. The first kappa shape index (κ1) is 20.6. The average molecular weight is 376 g/mol. The molecule has 0 unspecified atom stereocenters. The van der Waals surface area contributed by atoms with Crippen molar-refractivity contribution in [2.75, 3.05) is 5.32 Å². The van der Waals surface area contributed by atoms with Gasteiger partial charge < -0.3 is 10.6 Å². The van der Waals surface area contributed by atoms with Crippen LogP contribution in [-0.2, 0) is 11.7 Å². The topological polar surface area (TPSA) is 41.1 Å². The van der Waals surface area contributed by atoms with Crippen LogP contribution in [0, 0.1) is 6.92 Å². The highest BCUT2D eigenvalue weighted by Gasteiger charge is 2.32. The van der Waals surface area contributed by atoms with Gasteiger partial charge in [0.05, 0.1) is 11.1 Å². The first-order valence-electron chi connectivity index (χ1n) is 8.43. The Kier molecular flexibility index (Phi) is 5.68. The third kappa shape index (κ3) is 5.12. The second kappa shape index (κ2) is 7.47. The lowest BCUT2D eigenvalue weighted by molar-refractivity contribution is -0.138. The number of carbonyl (C=O) groups is 1. The Labute approximate surface area is 157 Å². The molecule has 2 aromatic carbocycles. The molecule has 2 amide bonds. The lowest BCUT2D eigenvalue weighted by Gasteiger charge is -2.27. The SMILES string of the molecule is C=C(C)c1cccc(C(C)(C)NC(=O)Nc2ccc(C)c(C(F)(F)F)c2)c1. The maximum absolute atomic E-state index is 13.0. The summed E-state index contributed by atoms with van der Waals surface area (Å²) in [6.45, 7) is 10.8. The van der Waals surface area contributed by atoms with E-state index in [0.29, 0.717) is 0 Å². The smallest absolute Gasteiger partial charge is 0.329 e. The maximum Gasteiger partial charge on any atom is 0.416 e. The Morgan fingerprint density at radius 1 is 1.07 bits per heavy atom. The number of alkyl halides is 3. The van der Waals surface area contributed by atoms with Crippen LogP contribution >= 0.6 is 0 Å². The van der Waals surface area contributed by atoms with Crippen molar-refractivity contribution in [3.05, 3.63) is 71.3 Å². The number of rotatable bonds is 4. The zero-order valence-corrected chi connectivity index (χ0v) is 15.8. The first-order chi connectivity index (χ1) is 12.4. The molecule has 0 aliphatic carbocycles. The van der Waals surface area contributed by atoms with Crippen LogP contribution in [-0.4, -0.2) is 6.03 Å². The lowest BCUT2D eigenvalue weighted by Crippen LogP contribution is -2.43. The van der Waals surface area contributed by atoms with Gasteiger partial charge in [0, 0.05) is 5.69 Å². The molecule has 27 heavy (non-hydrogen) atoms. The molecule has 3 nitrogen and oxygen atoms in total. The number of hydrogen-bond donors (Lipinski definition) is 2. The van der Waals surface area contributed by atoms with E-state index in [-0.39, 0.29) is 11.3 Å². The van der Waals surface area contributed by atoms with Crippen LogP contribution in [0.1, 0.15) is 43.0 Å². The van der Waals surface area contributed by atoms with Crippen LogP contribution in [0.4, 0.5) is 23.7 Å². The molecule has 0 aliphatic rings. The third-order valence-corrected chi connectivity index (χ3v) is 4.30. The fourth-order valence-electron chi connectivity index (χ4n) is 2.70. The predicted octanol–water partition coefficient (Wildman–Crippen LogP) is 6.10. The Hall–Kier alpha value is -2.76. The van der Waals surface area contributed by atoms with Gasteiger partial charge in [-0.1, -0.05) is 36.4 Å². The molecular formula is C21H23F3N2O. The van der Waals surface area contributed by atoms with Gasteiger partial charge >= 0.3 is 12.2 Å². The van der Waals surface area contributed by atoms with Gasteiger partial charge in [0.25, 0.3) is 0 Å². The quantitative estimate of drug-likeness (QED) is 0.665. The van der Waals surface area contributed by atoms with Crippen molar-refractivity contribution in [3.8, 4) is 0 Å². The van der Waals surface area contributed by atoms with E-state index >= 15 is 0 Å². The number of nitrogens with one attached hydrogen (secondary N) is 2. The molecule has 0 fully saturated rings. The maximum atomic E-state index is 13.0. The molecule has 0 heterocycles. The molecule has 0 aliphatic heterocycles. The molecule has 2 aromatic rings. The van der Waals surface area contributed by atoms with E-state index in [1.54, 1.807) is 0 Å². The summed E-state index contributed by atoms with van der Waals surface area (Å²) >= 11 is 0. The largest absolute Gasteiger partial charge is 0.416 e. The monoisotopic (exact) mass is 376 g/mol. The fraction of sp³-hybridized carbons (Fsp3) is 0.286. The van der Waals surface area contributed by atoms with E-state index in [1.807, 2.05) is 45.0 Å². The number of amides is 2. The molecule has 0 aromatic heterocycles. The highest BCUT2D eigenvalue weighted by Crippen LogP contribution is 2.33. The number of halogens is 3. The van der Waals surface area contributed by atoms with Gasteiger partial charge in [0.15, 0.2) is 0 Å². The minimum atomic E-state index is -4.47. The summed E-state index contributed by atoms with van der Waals surface area (Å²) in [7, 11) is 0. The Morgan fingerprint density at radius 3 is 2.33 bits per heavy atom. The van der Waals surface area contributed by atoms with Crippen LogP contribution in [0.2, 0.25) is 0 Å². The summed E-state index contributed by atoms with van der Waals surface area (Å²) in [6.07, 6.45) is -4.47. The number of carbonyl (C=O) groups excluding carboxylic acids is 1. The van der Waals surface area contributed by atoms with Gasteiger partial charge in [0.2, 0.25) is 0 Å². The second-order valence-corrected chi connectivity index (χ2v) is 7.09. The molecule has 0 saturated heterocycles. The van der Waals surface area contributed by atoms with Crippen LogP contribution in [0.15, 0.2) is 49.0 Å². The molecule has 2 rings (SSSR count). The van der Waals surface area contributed by atoms with Crippen molar-refractivity contribution in [2.45, 2.75) is 39.4 Å². The normalized spacial score (nSPS) is 11.8. The van der Waals surface area contributed by atoms with E-state index in [9.17, 15) is 18.0 Å². The van der Waals surface area contributed by atoms with E-state index < -0.39 is 23.3 Å². The highest BCUT2D eigenvalue weighted by molar-refractivity contribution is 5.90. The summed E-state index contributed by atoms with van der Waals surface area (Å²) in [4.78, 5) is 12.3. The standard InChI is InChI=1S/C21H23F3N2O/c1-13(2)15-7-6-8-16(11-15)20(4,5)26-19(27)25-17-10-9-14(3)18(12-17)21(22,23)24/h6-12H,1H2,2-5H3,(H2,25,26,27). The second-order valence-electron chi connectivity index (χ2n) is 7.09. The lowest BCUT2D eigenvalue weighted by atomic mass is 9.92. The Morgan fingerprint density at radius 2 is 1.74 bits per heavy atom. The Bertz CT molecular complexity index is 870. The number of hydrogen-bond acceptors (Lipinski definition) is 1. The molecule has 2 N–H and O–H groups in total. The van der Waals surface area contributed by atoms with E-state index in [4.69, 9.17) is 0 Å². The summed E-state index contributed by atoms with van der Waals surface area (Å²) in [5.41, 5.74) is 1.40. The Balaban J connectivity index is 2.17. The van der Waals surface area contributed by atoms with Gasteiger partial charge in [-0.05, 0) is 62.6 Å². The third-order valence-electron chi connectivity index (χ3n) is 4.30. The molecule has 0 spiro atoms. The molecule has 0 saturated carbocycles. The number of allylic oxidation sites excluding steroid dienone is 1. The summed E-state index contributed by atoms with van der Waals surface area (Å²) < 4.78 is 39.1. The zero-order valence-electron chi connectivity index (χ0n) is 15.8. The number of benzene rings is 2. The van der Waals surface area contributed by atoms with Crippen LogP contribution in [0.3, 0.4) is 0 Å². The molecule has 0 atom stereocenters. The van der Waals surface area contributed by atoms with Crippen molar-refractivity contribution in [3.63, 3.8) is 0 Å². The minimum Gasteiger partial charge on any atom is -0.329 e. The van der Waals surface area contributed by atoms with Crippen LogP contribution in [0.25, 0.3) is 5.57 Å². The summed E-state index contributed by atoms with van der Waals surface area (Å²) in [5, 5.41) is 5.28. The fourth-order valence-corrected chi connectivity index (χ4v) is 2.70. The van der Waals surface area contributed by atoms with Crippen molar-refractivity contribution in [1.82, 2.24) is 5.32 Å².